The molecule has 0 spiro atoms. The number of ether oxygens (including phenoxy) is 1. The molecule has 33 heavy (non-hydrogen) atoms. The molecule has 9 nitrogen and oxygen atoms in total. The van der Waals surface area contributed by atoms with Crippen LogP contribution in [0.3, 0.4) is 0 Å². The molecule has 1 aliphatic rings. The maximum Gasteiger partial charge on any atom is 0.492 e. The van der Waals surface area contributed by atoms with Crippen LogP contribution in [0, 0.1) is 6.92 Å². The fourth-order valence-corrected chi connectivity index (χ4v) is 3.46. The second-order valence-corrected chi connectivity index (χ2v) is 8.07. The summed E-state index contributed by atoms with van der Waals surface area (Å²) in [6.45, 7) is 3.07. The van der Waals surface area contributed by atoms with Gasteiger partial charge in [-0.05, 0) is 61.4 Å². The number of nitrogens with zero attached hydrogens (tertiary/aromatic N) is 1. The van der Waals surface area contributed by atoms with Crippen LogP contribution in [-0.2, 0) is 27.4 Å². The summed E-state index contributed by atoms with van der Waals surface area (Å²) in [6, 6.07) is 10.2. The molecule has 2 amide bonds. The largest absolute Gasteiger partial charge is 0.492 e. The van der Waals surface area contributed by atoms with Gasteiger partial charge in [0.2, 0.25) is 0 Å². The average Bonchev–Trinajstić information content (AvgIpc) is 3.17. The van der Waals surface area contributed by atoms with Crippen molar-refractivity contribution in [1.82, 2.24) is 15.5 Å². The lowest BCUT2D eigenvalue weighted by Gasteiger charge is -2.12. The van der Waals surface area contributed by atoms with Gasteiger partial charge in [-0.25, -0.2) is 0 Å². The Morgan fingerprint density at radius 3 is 2.52 bits per heavy atom. The van der Waals surface area contributed by atoms with Crippen molar-refractivity contribution in [2.75, 3.05) is 33.7 Å². The molecule has 174 valence electrons. The highest BCUT2D eigenvalue weighted by atomic mass is 16.5. The molecule has 0 aromatic heterocycles. The average molecular weight is 453 g/mol. The van der Waals surface area contributed by atoms with Gasteiger partial charge in [-0.15, -0.1) is 0 Å². The van der Waals surface area contributed by atoms with Crippen LogP contribution in [0.5, 0.6) is 0 Å². The van der Waals surface area contributed by atoms with Crippen LogP contribution in [0.15, 0.2) is 36.4 Å². The molecule has 10 heteroatoms. The smallest absolute Gasteiger partial charge is 0.460 e. The zero-order chi connectivity index (χ0) is 24.0. The van der Waals surface area contributed by atoms with E-state index in [1.165, 1.54) is 0 Å². The predicted octanol–water partition coefficient (Wildman–Crippen LogP) is -0.0227. The van der Waals surface area contributed by atoms with Crippen LogP contribution in [0.25, 0.3) is 0 Å². The van der Waals surface area contributed by atoms with E-state index in [0.29, 0.717) is 35.3 Å². The maximum atomic E-state index is 12.5. The van der Waals surface area contributed by atoms with Gasteiger partial charge in [0.1, 0.15) is 13.2 Å². The summed E-state index contributed by atoms with van der Waals surface area (Å²) < 4.78 is 10.4. The highest BCUT2D eigenvalue weighted by Gasteiger charge is 2.31. The second-order valence-electron chi connectivity index (χ2n) is 8.07. The molecule has 0 aliphatic carbocycles. The first-order valence-corrected chi connectivity index (χ1v) is 10.6. The normalized spacial score (nSPS) is 12.5. The lowest BCUT2D eigenvalue weighted by atomic mass is 9.75. The maximum absolute atomic E-state index is 12.5. The molecular weight excluding hydrogens is 425 g/mol. The van der Waals surface area contributed by atoms with Gasteiger partial charge >= 0.3 is 13.1 Å². The van der Waals surface area contributed by atoms with E-state index in [1.807, 2.05) is 19.0 Å². The Bertz CT molecular complexity index is 1030. The number of fused-ring (bicyclic) bond motifs is 1. The summed E-state index contributed by atoms with van der Waals surface area (Å²) in [7, 11) is 2.82. The Hall–Kier alpha value is -3.21. The minimum absolute atomic E-state index is 0.0264. The van der Waals surface area contributed by atoms with Crippen LogP contribution in [0.1, 0.15) is 37.4 Å². The number of carbonyl (C=O) groups excluding carboxylic acids is 3. The predicted molar refractivity (Wildman–Crippen MR) is 123 cm³/mol. The van der Waals surface area contributed by atoms with E-state index in [1.54, 1.807) is 43.3 Å². The van der Waals surface area contributed by atoms with Crippen molar-refractivity contribution in [2.45, 2.75) is 20.1 Å². The molecule has 0 radical (unpaired) electrons. The van der Waals surface area contributed by atoms with Crippen LogP contribution < -0.4 is 16.1 Å². The van der Waals surface area contributed by atoms with Gasteiger partial charge in [0.15, 0.2) is 0 Å². The molecule has 1 heterocycles. The van der Waals surface area contributed by atoms with Gasteiger partial charge in [-0.2, -0.15) is 0 Å². The summed E-state index contributed by atoms with van der Waals surface area (Å²) >= 11 is 0. The third-order valence-electron chi connectivity index (χ3n) is 5.35. The Morgan fingerprint density at radius 2 is 1.82 bits per heavy atom. The second kappa shape index (κ2) is 11.1. The number of rotatable bonds is 9. The molecule has 0 bridgehead atoms. The van der Waals surface area contributed by atoms with Gasteiger partial charge in [-0.1, -0.05) is 18.2 Å². The van der Waals surface area contributed by atoms with Crippen molar-refractivity contribution in [3.05, 3.63) is 64.2 Å². The Morgan fingerprint density at radius 1 is 1.09 bits per heavy atom. The fourth-order valence-electron chi connectivity index (χ4n) is 3.46. The number of esters is 1. The lowest BCUT2D eigenvalue weighted by molar-refractivity contribution is -0.143. The first kappa shape index (κ1) is 24.4. The van der Waals surface area contributed by atoms with Gasteiger partial charge in [0.25, 0.3) is 11.8 Å². The molecule has 2 aromatic rings. The van der Waals surface area contributed by atoms with E-state index in [2.05, 4.69) is 10.6 Å². The molecule has 0 saturated carbocycles. The highest BCUT2D eigenvalue weighted by Crippen LogP contribution is 2.16. The lowest BCUT2D eigenvalue weighted by Crippen LogP contribution is -2.35. The SMILES string of the molecule is Cc1c(C(=O)NCC(=O)OCc2ccc(C(=O)NCCN(C)C)cc2)ccc2c1B(O)OC2. The van der Waals surface area contributed by atoms with E-state index in [-0.39, 0.29) is 19.1 Å². The highest BCUT2D eigenvalue weighted by molar-refractivity contribution is 6.62. The fraction of sp³-hybridized carbons (Fsp3) is 0.348. The topological polar surface area (TPSA) is 117 Å². The van der Waals surface area contributed by atoms with E-state index in [0.717, 1.165) is 17.7 Å². The quantitative estimate of drug-likeness (QED) is 0.361. The number of amides is 2. The van der Waals surface area contributed by atoms with Crippen LogP contribution >= 0.6 is 0 Å². The summed E-state index contributed by atoms with van der Waals surface area (Å²) in [5.41, 5.74) is 3.67. The standard InChI is InChI=1S/C23H28BN3O6/c1-15-19(9-8-18-14-33-24(31)21(15)18)23(30)26-12-20(28)32-13-16-4-6-17(7-5-16)22(29)25-10-11-27(2)3/h4-9,31H,10-14H2,1-3H3,(H,25,29)(H,26,30). The van der Waals surface area contributed by atoms with Crippen molar-refractivity contribution in [2.24, 2.45) is 0 Å². The van der Waals surface area contributed by atoms with Gasteiger partial charge < -0.3 is 29.9 Å². The number of carbonyl (C=O) groups is 3. The molecule has 2 aromatic carbocycles. The Balaban J connectivity index is 1.45. The third-order valence-corrected chi connectivity index (χ3v) is 5.35. The third kappa shape index (κ3) is 6.41. The summed E-state index contributed by atoms with van der Waals surface area (Å²) in [5.74, 6) is -1.18. The molecule has 1 aliphatic heterocycles. The van der Waals surface area contributed by atoms with Crippen molar-refractivity contribution in [3.63, 3.8) is 0 Å². The molecule has 3 N–H and O–H groups in total. The van der Waals surface area contributed by atoms with Crippen LogP contribution in [0.4, 0.5) is 0 Å². The summed E-state index contributed by atoms with van der Waals surface area (Å²) in [4.78, 5) is 38.6. The van der Waals surface area contributed by atoms with Crippen molar-refractivity contribution in [1.29, 1.82) is 0 Å². The summed E-state index contributed by atoms with van der Waals surface area (Å²) in [5, 5.41) is 15.3. The van der Waals surface area contributed by atoms with Crippen LogP contribution in [-0.4, -0.2) is 68.6 Å². The Labute approximate surface area is 193 Å². The van der Waals surface area contributed by atoms with E-state index in [9.17, 15) is 19.4 Å². The molecular formula is C23H28BN3O6. The number of likely N-dealkylation sites (N-methyl/N-ethyl adjacent to an activating group) is 1. The molecule has 0 atom stereocenters. The number of benzene rings is 2. The minimum Gasteiger partial charge on any atom is -0.460 e. The molecule has 0 saturated heterocycles. The van der Waals surface area contributed by atoms with E-state index < -0.39 is 19.0 Å². The zero-order valence-electron chi connectivity index (χ0n) is 19.0. The Kier molecular flexibility index (Phi) is 8.21. The first-order valence-electron chi connectivity index (χ1n) is 10.6. The van der Waals surface area contributed by atoms with Crippen molar-refractivity contribution >= 4 is 30.4 Å². The van der Waals surface area contributed by atoms with Crippen molar-refractivity contribution in [3.8, 4) is 0 Å². The zero-order valence-corrected chi connectivity index (χ0v) is 19.0. The molecule has 0 unspecified atom stereocenters. The number of hydrogen-bond acceptors (Lipinski definition) is 7. The van der Waals surface area contributed by atoms with Gasteiger partial charge in [0.05, 0.1) is 6.61 Å². The molecule has 0 fully saturated rings. The first-order chi connectivity index (χ1) is 15.8. The monoisotopic (exact) mass is 453 g/mol. The number of hydrogen-bond donors (Lipinski definition) is 3. The van der Waals surface area contributed by atoms with Gasteiger partial charge in [0, 0.05) is 24.2 Å². The van der Waals surface area contributed by atoms with E-state index in [4.69, 9.17) is 9.39 Å². The summed E-state index contributed by atoms with van der Waals surface area (Å²) in [6.07, 6.45) is 0. The van der Waals surface area contributed by atoms with Crippen molar-refractivity contribution < 1.29 is 28.8 Å². The van der Waals surface area contributed by atoms with Gasteiger partial charge in [-0.3, -0.25) is 14.4 Å². The minimum atomic E-state index is -1.05. The van der Waals surface area contributed by atoms with Crippen LogP contribution in [0.2, 0.25) is 0 Å². The molecule has 3 rings (SSSR count). The number of nitrogens with one attached hydrogen (secondary N) is 2. The van der Waals surface area contributed by atoms with E-state index >= 15 is 0 Å².